The van der Waals surface area contributed by atoms with Gasteiger partial charge in [0.15, 0.2) is 5.82 Å². The fourth-order valence-corrected chi connectivity index (χ4v) is 2.73. The lowest BCUT2D eigenvalue weighted by Crippen LogP contribution is -2.34. The Balaban J connectivity index is 2.21. The van der Waals surface area contributed by atoms with Crippen LogP contribution >= 0.6 is 0 Å². The lowest BCUT2D eigenvalue weighted by molar-refractivity contribution is 0.266. The van der Waals surface area contributed by atoms with Crippen molar-refractivity contribution in [2.24, 2.45) is 5.73 Å². The van der Waals surface area contributed by atoms with Gasteiger partial charge < -0.3 is 10.3 Å². The second-order valence-electron chi connectivity index (χ2n) is 5.13. The second kappa shape index (κ2) is 5.17. The average molecular weight is 237 g/mol. The highest BCUT2D eigenvalue weighted by molar-refractivity contribution is 5.08. The van der Waals surface area contributed by atoms with E-state index in [4.69, 9.17) is 10.3 Å². The summed E-state index contributed by atoms with van der Waals surface area (Å²) in [7, 11) is 0. The maximum absolute atomic E-state index is 5.90. The van der Waals surface area contributed by atoms with Crippen LogP contribution in [0.15, 0.2) is 4.52 Å². The maximum atomic E-state index is 5.90. The SMILES string of the molecule is CCC(CC)(CN)c1nc(C2CCCC2)no1. The van der Waals surface area contributed by atoms with Crippen LogP contribution in [0.4, 0.5) is 0 Å². The van der Waals surface area contributed by atoms with Gasteiger partial charge >= 0.3 is 0 Å². The molecule has 0 aliphatic heterocycles. The van der Waals surface area contributed by atoms with Crippen LogP contribution in [0.1, 0.15) is 70.0 Å². The molecule has 0 saturated heterocycles. The molecule has 2 rings (SSSR count). The summed E-state index contributed by atoms with van der Waals surface area (Å²) in [6, 6.07) is 0. The zero-order chi connectivity index (χ0) is 12.3. The van der Waals surface area contributed by atoms with Gasteiger partial charge in [0, 0.05) is 12.5 Å². The van der Waals surface area contributed by atoms with E-state index in [9.17, 15) is 0 Å². The van der Waals surface area contributed by atoms with Gasteiger partial charge in [-0.3, -0.25) is 0 Å². The molecule has 1 aromatic heterocycles. The highest BCUT2D eigenvalue weighted by Gasteiger charge is 2.34. The molecule has 0 atom stereocenters. The van der Waals surface area contributed by atoms with E-state index in [0.717, 1.165) is 24.6 Å². The van der Waals surface area contributed by atoms with Crippen LogP contribution in [0.3, 0.4) is 0 Å². The molecule has 1 heterocycles. The third-order valence-electron chi connectivity index (χ3n) is 4.36. The zero-order valence-corrected chi connectivity index (χ0v) is 10.9. The maximum Gasteiger partial charge on any atom is 0.234 e. The molecule has 0 bridgehead atoms. The van der Waals surface area contributed by atoms with E-state index < -0.39 is 0 Å². The van der Waals surface area contributed by atoms with Crippen molar-refractivity contribution in [3.05, 3.63) is 11.7 Å². The van der Waals surface area contributed by atoms with Gasteiger partial charge in [0.1, 0.15) is 0 Å². The van der Waals surface area contributed by atoms with Gasteiger partial charge in [0.25, 0.3) is 0 Å². The molecule has 1 fully saturated rings. The van der Waals surface area contributed by atoms with E-state index in [1.807, 2.05) is 0 Å². The summed E-state index contributed by atoms with van der Waals surface area (Å²) >= 11 is 0. The Morgan fingerprint density at radius 1 is 1.29 bits per heavy atom. The molecule has 0 spiro atoms. The normalized spacial score (nSPS) is 17.8. The predicted molar refractivity (Wildman–Crippen MR) is 66.8 cm³/mol. The second-order valence-corrected chi connectivity index (χ2v) is 5.13. The Morgan fingerprint density at radius 3 is 2.47 bits per heavy atom. The minimum absolute atomic E-state index is 0.121. The average Bonchev–Trinajstić information content (AvgIpc) is 3.03. The number of nitrogens with zero attached hydrogens (tertiary/aromatic N) is 2. The molecule has 2 N–H and O–H groups in total. The number of hydrogen-bond acceptors (Lipinski definition) is 4. The molecule has 0 radical (unpaired) electrons. The fraction of sp³-hybridized carbons (Fsp3) is 0.846. The first-order chi connectivity index (χ1) is 8.25. The third-order valence-corrected chi connectivity index (χ3v) is 4.36. The van der Waals surface area contributed by atoms with Gasteiger partial charge in [-0.25, -0.2) is 0 Å². The topological polar surface area (TPSA) is 64.9 Å². The molecule has 0 unspecified atom stereocenters. The molecule has 1 aliphatic carbocycles. The molecule has 4 nitrogen and oxygen atoms in total. The van der Waals surface area contributed by atoms with E-state index in [1.165, 1.54) is 25.7 Å². The van der Waals surface area contributed by atoms with Crippen LogP contribution in [0.2, 0.25) is 0 Å². The molecule has 4 heteroatoms. The Bertz CT molecular complexity index is 343. The Kier molecular flexibility index (Phi) is 3.82. The summed E-state index contributed by atoms with van der Waals surface area (Å²) in [5.74, 6) is 2.15. The summed E-state index contributed by atoms with van der Waals surface area (Å²) in [4.78, 5) is 4.62. The van der Waals surface area contributed by atoms with Crippen molar-refractivity contribution in [1.29, 1.82) is 0 Å². The van der Waals surface area contributed by atoms with E-state index in [2.05, 4.69) is 24.0 Å². The summed E-state index contributed by atoms with van der Waals surface area (Å²) in [5.41, 5.74) is 5.77. The van der Waals surface area contributed by atoms with Crippen molar-refractivity contribution in [3.8, 4) is 0 Å². The van der Waals surface area contributed by atoms with Crippen molar-refractivity contribution in [3.63, 3.8) is 0 Å². The van der Waals surface area contributed by atoms with Gasteiger partial charge in [-0.05, 0) is 25.7 Å². The molecule has 0 aromatic carbocycles. The van der Waals surface area contributed by atoms with Crippen LogP contribution in [-0.4, -0.2) is 16.7 Å². The Hall–Kier alpha value is -0.900. The van der Waals surface area contributed by atoms with Gasteiger partial charge in [-0.2, -0.15) is 4.98 Å². The van der Waals surface area contributed by atoms with E-state index in [1.54, 1.807) is 0 Å². The van der Waals surface area contributed by atoms with E-state index in [-0.39, 0.29) is 5.41 Å². The lowest BCUT2D eigenvalue weighted by atomic mass is 9.82. The van der Waals surface area contributed by atoms with Crippen molar-refractivity contribution in [2.45, 2.75) is 63.7 Å². The molecule has 0 amide bonds. The van der Waals surface area contributed by atoms with Crippen molar-refractivity contribution < 1.29 is 4.52 Å². The highest BCUT2D eigenvalue weighted by atomic mass is 16.5. The minimum atomic E-state index is -0.121. The molecular formula is C13H23N3O. The molecule has 1 saturated carbocycles. The van der Waals surface area contributed by atoms with Gasteiger partial charge in [-0.1, -0.05) is 31.8 Å². The smallest absolute Gasteiger partial charge is 0.234 e. The summed E-state index contributed by atoms with van der Waals surface area (Å²) in [6.07, 6.45) is 6.88. The first kappa shape index (κ1) is 12.6. The van der Waals surface area contributed by atoms with Gasteiger partial charge in [0.2, 0.25) is 5.89 Å². The lowest BCUT2D eigenvalue weighted by Gasteiger charge is -2.25. The van der Waals surface area contributed by atoms with E-state index >= 15 is 0 Å². The highest BCUT2D eigenvalue weighted by Crippen LogP contribution is 2.35. The zero-order valence-electron chi connectivity index (χ0n) is 10.9. The number of rotatable bonds is 5. The van der Waals surface area contributed by atoms with Gasteiger partial charge in [-0.15, -0.1) is 0 Å². The summed E-state index contributed by atoms with van der Waals surface area (Å²) in [6.45, 7) is 4.85. The molecule has 1 aromatic rings. The Morgan fingerprint density at radius 2 is 1.94 bits per heavy atom. The summed E-state index contributed by atoms with van der Waals surface area (Å²) in [5, 5.41) is 4.17. The van der Waals surface area contributed by atoms with Crippen molar-refractivity contribution in [1.82, 2.24) is 10.1 Å². The van der Waals surface area contributed by atoms with Crippen molar-refractivity contribution >= 4 is 0 Å². The molecule has 1 aliphatic rings. The molecule has 96 valence electrons. The third kappa shape index (κ3) is 2.23. The number of hydrogen-bond donors (Lipinski definition) is 1. The van der Waals surface area contributed by atoms with Crippen LogP contribution in [0.5, 0.6) is 0 Å². The first-order valence-corrected chi connectivity index (χ1v) is 6.80. The largest absolute Gasteiger partial charge is 0.339 e. The predicted octanol–water partition coefficient (Wildman–Crippen LogP) is 2.74. The van der Waals surface area contributed by atoms with Crippen LogP contribution in [0, 0.1) is 0 Å². The fourth-order valence-electron chi connectivity index (χ4n) is 2.73. The molecular weight excluding hydrogens is 214 g/mol. The minimum Gasteiger partial charge on any atom is -0.339 e. The van der Waals surface area contributed by atoms with Crippen LogP contribution in [-0.2, 0) is 5.41 Å². The van der Waals surface area contributed by atoms with Crippen LogP contribution < -0.4 is 5.73 Å². The number of aromatic nitrogens is 2. The molecule has 17 heavy (non-hydrogen) atoms. The number of nitrogens with two attached hydrogens (primary N) is 1. The van der Waals surface area contributed by atoms with Crippen molar-refractivity contribution in [2.75, 3.05) is 6.54 Å². The van der Waals surface area contributed by atoms with E-state index in [0.29, 0.717) is 12.5 Å². The Labute approximate surface area is 103 Å². The first-order valence-electron chi connectivity index (χ1n) is 6.80. The standard InChI is InChI=1S/C13H23N3O/c1-3-13(4-2,9-14)12-15-11(16-17-12)10-7-5-6-8-10/h10H,3-9,14H2,1-2H3. The quantitative estimate of drug-likeness (QED) is 0.855. The monoisotopic (exact) mass is 237 g/mol. The summed E-state index contributed by atoms with van der Waals surface area (Å²) < 4.78 is 5.47. The van der Waals surface area contributed by atoms with Crippen LogP contribution in [0.25, 0.3) is 0 Å². The van der Waals surface area contributed by atoms with Gasteiger partial charge in [0.05, 0.1) is 5.41 Å².